The van der Waals surface area contributed by atoms with E-state index < -0.39 is 16.1 Å². The molecule has 0 unspecified atom stereocenters. The summed E-state index contributed by atoms with van der Waals surface area (Å²) in [6, 6.07) is 15.1. The number of sulfonamides is 1. The highest BCUT2D eigenvalue weighted by molar-refractivity contribution is 7.92. The zero-order valence-electron chi connectivity index (χ0n) is 16.6. The molecule has 1 atom stereocenters. The smallest absolute Gasteiger partial charge is 0.231 e. The number of hydrogen-bond acceptors (Lipinski definition) is 5. The van der Waals surface area contributed by atoms with Crippen molar-refractivity contribution in [3.8, 4) is 5.75 Å². The third-order valence-electron chi connectivity index (χ3n) is 5.24. The molecule has 0 aromatic heterocycles. The normalized spacial score (nSPS) is 20.0. The van der Waals surface area contributed by atoms with Crippen LogP contribution < -0.4 is 14.4 Å². The average molecular weight is 439 g/mol. The summed E-state index contributed by atoms with van der Waals surface area (Å²) in [6.07, 6.45) is 2.59. The molecule has 0 aliphatic heterocycles. The summed E-state index contributed by atoms with van der Waals surface area (Å²) in [7, 11) is -1.80. The Bertz CT molecular complexity index is 915. The topological polar surface area (TPSA) is 78.9 Å². The van der Waals surface area contributed by atoms with Crippen molar-refractivity contribution >= 4 is 27.3 Å². The Morgan fingerprint density at radius 1 is 1.24 bits per heavy atom. The van der Waals surface area contributed by atoms with Crippen LogP contribution in [0.2, 0.25) is 5.02 Å². The van der Waals surface area contributed by atoms with Gasteiger partial charge in [0.05, 0.1) is 11.9 Å². The highest BCUT2D eigenvalue weighted by atomic mass is 35.5. The lowest BCUT2D eigenvalue weighted by Gasteiger charge is -2.37. The molecule has 3 rings (SSSR count). The summed E-state index contributed by atoms with van der Waals surface area (Å²) in [5, 5.41) is 14.3. The minimum atomic E-state index is -3.29. The van der Waals surface area contributed by atoms with E-state index in [0.29, 0.717) is 29.9 Å². The molecule has 1 fully saturated rings. The molecule has 29 heavy (non-hydrogen) atoms. The van der Waals surface area contributed by atoms with E-state index in [1.807, 2.05) is 18.2 Å². The Labute approximate surface area is 177 Å². The summed E-state index contributed by atoms with van der Waals surface area (Å²) in [4.78, 5) is 0. The van der Waals surface area contributed by atoms with Crippen molar-refractivity contribution in [1.29, 1.82) is 0 Å². The fourth-order valence-electron chi connectivity index (χ4n) is 3.32. The molecule has 1 saturated carbocycles. The number of aliphatic hydroxyl groups is 1. The molecule has 0 heterocycles. The van der Waals surface area contributed by atoms with Crippen molar-refractivity contribution < 1.29 is 18.3 Å². The summed E-state index contributed by atoms with van der Waals surface area (Å²) >= 11 is 6.05. The molecule has 0 radical (unpaired) electrons. The van der Waals surface area contributed by atoms with Gasteiger partial charge in [-0.25, -0.2) is 8.42 Å². The number of nitrogens with zero attached hydrogens (tertiary/aromatic N) is 1. The number of hydrogen-bond donors (Lipinski definition) is 2. The van der Waals surface area contributed by atoms with Crippen molar-refractivity contribution in [2.75, 3.05) is 30.8 Å². The maximum absolute atomic E-state index is 11.6. The average Bonchev–Trinajstić information content (AvgIpc) is 2.64. The van der Waals surface area contributed by atoms with Crippen molar-refractivity contribution in [3.63, 3.8) is 0 Å². The number of aliphatic hydroxyl groups excluding tert-OH is 1. The van der Waals surface area contributed by atoms with Crippen LogP contribution in [0.1, 0.15) is 24.3 Å². The van der Waals surface area contributed by atoms with Gasteiger partial charge in [0.1, 0.15) is 18.5 Å². The largest absolute Gasteiger partial charge is 0.491 e. The van der Waals surface area contributed by atoms with E-state index in [1.54, 1.807) is 24.3 Å². The van der Waals surface area contributed by atoms with Crippen LogP contribution in [0.15, 0.2) is 48.5 Å². The SMILES string of the molecule is CN(c1ccc(OC[C@@H](O)CNC2CC(c3cccc(Cl)c3)C2)cc1)S(C)(=O)=O. The van der Waals surface area contributed by atoms with Crippen LogP contribution in [-0.4, -0.2) is 52.1 Å². The Balaban J connectivity index is 1.37. The molecule has 0 bridgehead atoms. The quantitative estimate of drug-likeness (QED) is 0.629. The lowest BCUT2D eigenvalue weighted by molar-refractivity contribution is 0.0981. The Kier molecular flexibility index (Phi) is 7.05. The maximum Gasteiger partial charge on any atom is 0.231 e. The number of halogens is 1. The zero-order chi connectivity index (χ0) is 21.0. The monoisotopic (exact) mass is 438 g/mol. The van der Waals surface area contributed by atoms with Gasteiger partial charge in [-0.15, -0.1) is 0 Å². The van der Waals surface area contributed by atoms with Gasteiger partial charge in [-0.05, 0) is 60.7 Å². The van der Waals surface area contributed by atoms with Crippen LogP contribution in [0.3, 0.4) is 0 Å². The van der Waals surface area contributed by atoms with Crippen LogP contribution >= 0.6 is 11.6 Å². The van der Waals surface area contributed by atoms with Gasteiger partial charge >= 0.3 is 0 Å². The van der Waals surface area contributed by atoms with Gasteiger partial charge in [0.2, 0.25) is 10.0 Å². The summed E-state index contributed by atoms with van der Waals surface area (Å²) in [5.74, 6) is 1.10. The predicted octanol–water partition coefficient (Wildman–Crippen LogP) is 3.01. The molecule has 8 heteroatoms. The van der Waals surface area contributed by atoms with Gasteiger partial charge in [0.15, 0.2) is 0 Å². The lowest BCUT2D eigenvalue weighted by Crippen LogP contribution is -2.44. The fourth-order valence-corrected chi connectivity index (χ4v) is 4.02. The van der Waals surface area contributed by atoms with Gasteiger partial charge in [-0.1, -0.05) is 23.7 Å². The third kappa shape index (κ3) is 6.09. The van der Waals surface area contributed by atoms with Crippen LogP contribution in [0.4, 0.5) is 5.69 Å². The summed E-state index contributed by atoms with van der Waals surface area (Å²) in [6.45, 7) is 0.626. The zero-order valence-corrected chi connectivity index (χ0v) is 18.2. The van der Waals surface area contributed by atoms with Gasteiger partial charge < -0.3 is 15.2 Å². The molecule has 6 nitrogen and oxygen atoms in total. The molecular formula is C21H27ClN2O4S. The number of anilines is 1. The van der Waals surface area contributed by atoms with Crippen molar-refractivity contribution in [2.45, 2.75) is 30.9 Å². The van der Waals surface area contributed by atoms with Crippen LogP contribution in [0.5, 0.6) is 5.75 Å². The van der Waals surface area contributed by atoms with Gasteiger partial charge in [-0.2, -0.15) is 0 Å². The summed E-state index contributed by atoms with van der Waals surface area (Å²) < 4.78 is 29.9. The maximum atomic E-state index is 11.6. The van der Waals surface area contributed by atoms with Crippen molar-refractivity contribution in [3.05, 3.63) is 59.1 Å². The highest BCUT2D eigenvalue weighted by Gasteiger charge is 2.30. The first kappa shape index (κ1) is 21.9. The van der Waals surface area contributed by atoms with E-state index in [2.05, 4.69) is 11.4 Å². The second kappa shape index (κ2) is 9.34. The second-order valence-electron chi connectivity index (χ2n) is 7.52. The first-order valence-corrected chi connectivity index (χ1v) is 11.8. The van der Waals surface area contributed by atoms with Crippen LogP contribution in [-0.2, 0) is 10.0 Å². The second-order valence-corrected chi connectivity index (χ2v) is 9.97. The summed E-state index contributed by atoms with van der Waals surface area (Å²) in [5.41, 5.74) is 1.82. The predicted molar refractivity (Wildman–Crippen MR) is 116 cm³/mol. The number of rotatable bonds is 9. The van der Waals surface area contributed by atoms with Crippen LogP contribution in [0, 0.1) is 0 Å². The van der Waals surface area contributed by atoms with E-state index in [4.69, 9.17) is 16.3 Å². The molecule has 1 aliphatic carbocycles. The Hall–Kier alpha value is -1.80. The van der Waals surface area contributed by atoms with E-state index in [1.165, 1.54) is 16.9 Å². The molecule has 2 aromatic carbocycles. The van der Waals surface area contributed by atoms with Gasteiger partial charge in [0.25, 0.3) is 0 Å². The molecule has 0 spiro atoms. The Morgan fingerprint density at radius 3 is 2.55 bits per heavy atom. The number of benzene rings is 2. The Morgan fingerprint density at radius 2 is 1.93 bits per heavy atom. The van der Waals surface area contributed by atoms with E-state index in [0.717, 1.165) is 24.1 Å². The van der Waals surface area contributed by atoms with Gasteiger partial charge in [0, 0.05) is 24.7 Å². The van der Waals surface area contributed by atoms with E-state index >= 15 is 0 Å². The third-order valence-corrected chi connectivity index (χ3v) is 6.68. The number of nitrogens with one attached hydrogen (secondary N) is 1. The lowest BCUT2D eigenvalue weighted by atomic mass is 9.76. The van der Waals surface area contributed by atoms with E-state index in [9.17, 15) is 13.5 Å². The van der Waals surface area contributed by atoms with Gasteiger partial charge in [-0.3, -0.25) is 4.31 Å². The minimum Gasteiger partial charge on any atom is -0.491 e. The highest BCUT2D eigenvalue weighted by Crippen LogP contribution is 2.37. The van der Waals surface area contributed by atoms with E-state index in [-0.39, 0.29) is 6.61 Å². The van der Waals surface area contributed by atoms with Crippen molar-refractivity contribution in [1.82, 2.24) is 5.32 Å². The minimum absolute atomic E-state index is 0.165. The molecular weight excluding hydrogens is 412 g/mol. The molecule has 2 N–H and O–H groups in total. The molecule has 0 amide bonds. The standard InChI is InChI=1S/C21H27ClN2O4S/c1-24(29(2,26)27)19-6-8-21(9-7-19)28-14-20(25)13-23-18-11-16(12-18)15-4-3-5-17(22)10-15/h3-10,16,18,20,23,25H,11-14H2,1-2H3/t16?,18?,20-/m0/s1. The molecule has 2 aromatic rings. The first-order chi connectivity index (χ1) is 13.7. The molecule has 0 saturated heterocycles. The number of ether oxygens (including phenoxy) is 1. The van der Waals surface area contributed by atoms with Crippen LogP contribution in [0.25, 0.3) is 0 Å². The van der Waals surface area contributed by atoms with Crippen molar-refractivity contribution in [2.24, 2.45) is 0 Å². The fraction of sp³-hybridized carbons (Fsp3) is 0.429. The first-order valence-electron chi connectivity index (χ1n) is 9.56. The molecule has 158 valence electrons. The molecule has 1 aliphatic rings.